The number of amides is 1. The van der Waals surface area contributed by atoms with Crippen LogP contribution < -0.4 is 11.1 Å². The van der Waals surface area contributed by atoms with Crippen molar-refractivity contribution in [3.05, 3.63) is 0 Å². The molecule has 4 N–H and O–H groups in total. The lowest BCUT2D eigenvalue weighted by atomic mass is 9.77. The summed E-state index contributed by atoms with van der Waals surface area (Å²) in [6, 6.07) is 0. The molecule has 1 rings (SSSR count). The number of carbonyl (C=O) groups is 1. The van der Waals surface area contributed by atoms with Crippen molar-refractivity contribution in [2.45, 2.75) is 65.7 Å². The van der Waals surface area contributed by atoms with Gasteiger partial charge in [0.15, 0.2) is 5.84 Å². The maximum absolute atomic E-state index is 12.7. The Bertz CT molecular complexity index is 356. The fraction of sp³-hybridized carbons (Fsp3) is 0.867. The highest BCUT2D eigenvalue weighted by Crippen LogP contribution is 2.36. The van der Waals surface area contributed by atoms with Crippen LogP contribution in [-0.4, -0.2) is 23.5 Å². The minimum atomic E-state index is -0.824. The van der Waals surface area contributed by atoms with Gasteiger partial charge < -0.3 is 16.3 Å². The highest BCUT2D eigenvalue weighted by atomic mass is 16.4. The summed E-state index contributed by atoms with van der Waals surface area (Å²) in [7, 11) is 0. The summed E-state index contributed by atoms with van der Waals surface area (Å²) in [5, 5.41) is 15.2. The number of oxime groups is 1. The van der Waals surface area contributed by atoms with Gasteiger partial charge in [-0.25, -0.2) is 0 Å². The van der Waals surface area contributed by atoms with E-state index in [2.05, 4.69) is 31.2 Å². The first-order valence-electron chi connectivity index (χ1n) is 7.64. The third-order valence-corrected chi connectivity index (χ3v) is 4.67. The van der Waals surface area contributed by atoms with E-state index in [-0.39, 0.29) is 17.2 Å². The van der Waals surface area contributed by atoms with Crippen LogP contribution >= 0.6 is 0 Å². The molecule has 1 amide bonds. The maximum atomic E-state index is 12.7. The molecule has 0 spiro atoms. The van der Waals surface area contributed by atoms with Crippen LogP contribution in [0, 0.1) is 10.8 Å². The van der Waals surface area contributed by atoms with Crippen LogP contribution in [0.25, 0.3) is 0 Å². The molecular formula is C15H29N3O2. The molecule has 5 nitrogen and oxygen atoms in total. The van der Waals surface area contributed by atoms with Gasteiger partial charge in [0.2, 0.25) is 5.91 Å². The van der Waals surface area contributed by atoms with Crippen LogP contribution in [0.15, 0.2) is 5.16 Å². The molecule has 0 radical (unpaired) electrons. The number of nitrogens with one attached hydrogen (secondary N) is 1. The summed E-state index contributed by atoms with van der Waals surface area (Å²) in [4.78, 5) is 12.7. The first-order chi connectivity index (χ1) is 9.38. The summed E-state index contributed by atoms with van der Waals surface area (Å²) in [6.45, 7) is 6.97. The molecule has 1 saturated carbocycles. The van der Waals surface area contributed by atoms with Gasteiger partial charge in [0.1, 0.15) is 5.41 Å². The Labute approximate surface area is 122 Å². The number of amidine groups is 1. The number of hydrogen-bond donors (Lipinski definition) is 3. The molecule has 116 valence electrons. The second-order valence-corrected chi connectivity index (χ2v) is 6.68. The van der Waals surface area contributed by atoms with Gasteiger partial charge in [0, 0.05) is 6.54 Å². The predicted octanol–water partition coefficient (Wildman–Crippen LogP) is 2.63. The smallest absolute Gasteiger partial charge is 0.233 e. The third-order valence-electron chi connectivity index (χ3n) is 4.67. The van der Waals surface area contributed by atoms with E-state index in [0.29, 0.717) is 19.4 Å². The Kier molecular flexibility index (Phi) is 5.84. The van der Waals surface area contributed by atoms with Crippen molar-refractivity contribution in [3.8, 4) is 0 Å². The van der Waals surface area contributed by atoms with Crippen molar-refractivity contribution in [3.63, 3.8) is 0 Å². The highest BCUT2D eigenvalue weighted by molar-refractivity contribution is 6.06. The molecule has 1 aliphatic carbocycles. The molecule has 5 heteroatoms. The lowest BCUT2D eigenvalue weighted by molar-refractivity contribution is -0.128. The van der Waals surface area contributed by atoms with Gasteiger partial charge in [-0.1, -0.05) is 51.6 Å². The molecule has 0 aromatic carbocycles. The largest absolute Gasteiger partial charge is 0.409 e. The zero-order chi connectivity index (χ0) is 15.2. The number of nitrogens with two attached hydrogens (primary N) is 1. The fourth-order valence-corrected chi connectivity index (χ4v) is 2.64. The molecule has 1 fully saturated rings. The molecule has 0 bridgehead atoms. The number of nitrogens with zero attached hydrogens (tertiary/aromatic N) is 1. The van der Waals surface area contributed by atoms with E-state index in [1.54, 1.807) is 0 Å². The molecule has 0 aliphatic heterocycles. The topological polar surface area (TPSA) is 87.7 Å². The van der Waals surface area contributed by atoms with E-state index in [1.165, 1.54) is 0 Å². The van der Waals surface area contributed by atoms with Gasteiger partial charge in [0.05, 0.1) is 0 Å². The van der Waals surface area contributed by atoms with Crippen LogP contribution in [-0.2, 0) is 4.79 Å². The Hall–Kier alpha value is -1.26. The summed E-state index contributed by atoms with van der Waals surface area (Å²) in [6.07, 6.45) is 6.43. The van der Waals surface area contributed by atoms with Crippen LogP contribution in [0.2, 0.25) is 0 Å². The van der Waals surface area contributed by atoms with Gasteiger partial charge in [0.25, 0.3) is 0 Å². The van der Waals surface area contributed by atoms with Crippen molar-refractivity contribution in [2.24, 2.45) is 21.7 Å². The van der Waals surface area contributed by atoms with Crippen LogP contribution in [0.5, 0.6) is 0 Å². The van der Waals surface area contributed by atoms with Gasteiger partial charge in [-0.2, -0.15) is 0 Å². The zero-order valence-corrected chi connectivity index (χ0v) is 13.0. The molecule has 0 aromatic heterocycles. The Morgan fingerprint density at radius 1 is 1.30 bits per heavy atom. The summed E-state index contributed by atoms with van der Waals surface area (Å²) in [5.41, 5.74) is 5.10. The second kappa shape index (κ2) is 6.95. The first kappa shape index (κ1) is 16.8. The lowest BCUT2D eigenvalue weighted by Crippen LogP contribution is -2.51. The van der Waals surface area contributed by atoms with E-state index in [9.17, 15) is 4.79 Å². The highest BCUT2D eigenvalue weighted by Gasteiger charge is 2.43. The molecule has 0 atom stereocenters. The van der Waals surface area contributed by atoms with Crippen molar-refractivity contribution in [1.29, 1.82) is 0 Å². The molecular weight excluding hydrogens is 254 g/mol. The van der Waals surface area contributed by atoms with E-state index in [0.717, 1.165) is 32.1 Å². The fourth-order valence-electron chi connectivity index (χ4n) is 2.64. The minimum Gasteiger partial charge on any atom is -0.409 e. The van der Waals surface area contributed by atoms with Gasteiger partial charge in [-0.3, -0.25) is 4.79 Å². The van der Waals surface area contributed by atoms with E-state index < -0.39 is 5.41 Å². The van der Waals surface area contributed by atoms with Crippen LogP contribution in [0.1, 0.15) is 65.7 Å². The standard InChI is InChI=1S/C15H29N3O2/c1-4-14(2,3)11-17-13(19)15(12(16)18-20)9-7-5-6-8-10-15/h20H,4-11H2,1-3H3,(H2,16,18)(H,17,19). The lowest BCUT2D eigenvalue weighted by Gasteiger charge is -2.32. The quantitative estimate of drug-likeness (QED) is 0.238. The zero-order valence-electron chi connectivity index (χ0n) is 13.0. The SMILES string of the molecule is CCC(C)(C)CNC(=O)C1(C(N)=NO)CCCCCC1. The summed E-state index contributed by atoms with van der Waals surface area (Å²) in [5.74, 6) is -0.0255. The van der Waals surface area contributed by atoms with E-state index in [4.69, 9.17) is 10.9 Å². The Morgan fingerprint density at radius 3 is 2.30 bits per heavy atom. The van der Waals surface area contributed by atoms with E-state index >= 15 is 0 Å². The average molecular weight is 283 g/mol. The Morgan fingerprint density at radius 2 is 1.85 bits per heavy atom. The van der Waals surface area contributed by atoms with Crippen LogP contribution in [0.4, 0.5) is 0 Å². The average Bonchev–Trinajstić information content (AvgIpc) is 2.70. The maximum Gasteiger partial charge on any atom is 0.233 e. The normalized spacial score (nSPS) is 20.2. The minimum absolute atomic E-state index is 0.0613. The number of carbonyl (C=O) groups excluding carboxylic acids is 1. The molecule has 20 heavy (non-hydrogen) atoms. The molecule has 0 unspecified atom stereocenters. The summed E-state index contributed by atoms with van der Waals surface area (Å²) >= 11 is 0. The van der Waals surface area contributed by atoms with Crippen molar-refractivity contribution in [2.75, 3.05) is 6.54 Å². The molecule has 0 heterocycles. The van der Waals surface area contributed by atoms with Crippen molar-refractivity contribution >= 4 is 11.7 Å². The number of rotatable bonds is 5. The molecule has 0 saturated heterocycles. The number of hydrogen-bond acceptors (Lipinski definition) is 3. The van der Waals surface area contributed by atoms with Gasteiger partial charge >= 0.3 is 0 Å². The first-order valence-corrected chi connectivity index (χ1v) is 7.64. The van der Waals surface area contributed by atoms with E-state index in [1.807, 2.05) is 0 Å². The van der Waals surface area contributed by atoms with Gasteiger partial charge in [-0.15, -0.1) is 0 Å². The van der Waals surface area contributed by atoms with Crippen molar-refractivity contribution < 1.29 is 10.0 Å². The second-order valence-electron chi connectivity index (χ2n) is 6.68. The summed E-state index contributed by atoms with van der Waals surface area (Å²) < 4.78 is 0. The third kappa shape index (κ3) is 3.87. The van der Waals surface area contributed by atoms with Crippen molar-refractivity contribution in [1.82, 2.24) is 5.32 Å². The Balaban J connectivity index is 2.85. The predicted molar refractivity (Wildman–Crippen MR) is 80.6 cm³/mol. The van der Waals surface area contributed by atoms with Gasteiger partial charge in [-0.05, 0) is 24.7 Å². The molecule has 0 aromatic rings. The molecule has 1 aliphatic rings. The monoisotopic (exact) mass is 283 g/mol. The van der Waals surface area contributed by atoms with Crippen LogP contribution in [0.3, 0.4) is 0 Å².